The van der Waals surface area contributed by atoms with Crippen LogP contribution in [0.3, 0.4) is 0 Å². The Morgan fingerprint density at radius 2 is 2.23 bits per heavy atom. The number of carbonyl (C=O) groups excluding carboxylic acids is 1. The molecule has 122 valence electrons. The first kappa shape index (κ1) is 17.1. The summed E-state index contributed by atoms with van der Waals surface area (Å²) in [5, 5.41) is 2.57. The molecule has 7 nitrogen and oxygen atoms in total. The summed E-state index contributed by atoms with van der Waals surface area (Å²) in [6, 6.07) is 1.61. The third-order valence-electron chi connectivity index (χ3n) is 4.13. The highest BCUT2D eigenvalue weighted by Crippen LogP contribution is 2.38. The Balaban J connectivity index is 2.19. The number of rotatable bonds is 5. The summed E-state index contributed by atoms with van der Waals surface area (Å²) in [5.74, 6) is 0.496. The van der Waals surface area contributed by atoms with E-state index in [0.717, 1.165) is 0 Å². The zero-order chi connectivity index (χ0) is 16.3. The monoisotopic (exact) mass is 327 g/mol. The van der Waals surface area contributed by atoms with Gasteiger partial charge < -0.3 is 14.6 Å². The van der Waals surface area contributed by atoms with Gasteiger partial charge in [-0.15, -0.1) is 0 Å². The predicted molar refractivity (Wildman–Crippen MR) is 85.3 cm³/mol. The molecule has 1 aromatic heterocycles. The summed E-state index contributed by atoms with van der Waals surface area (Å²) in [6.07, 6.45) is 1.50. The van der Waals surface area contributed by atoms with Gasteiger partial charge in [0, 0.05) is 28.0 Å². The molecule has 22 heavy (non-hydrogen) atoms. The molecular weight excluding hydrogens is 305 g/mol. The minimum atomic E-state index is -0.439. The van der Waals surface area contributed by atoms with Crippen molar-refractivity contribution in [3.8, 4) is 0 Å². The molecule has 0 spiro atoms. The molecule has 1 fully saturated rings. The van der Waals surface area contributed by atoms with Crippen LogP contribution in [0.1, 0.15) is 33.4 Å². The van der Waals surface area contributed by atoms with Crippen LogP contribution in [0.2, 0.25) is 0 Å². The molecule has 5 atom stereocenters. The first-order valence-electron chi connectivity index (χ1n) is 7.34. The summed E-state index contributed by atoms with van der Waals surface area (Å²) in [5.41, 5.74) is -0.439. The highest BCUT2D eigenvalue weighted by Gasteiger charge is 2.40. The van der Waals surface area contributed by atoms with Gasteiger partial charge in [-0.25, -0.2) is 4.79 Å². The van der Waals surface area contributed by atoms with Gasteiger partial charge in [0.15, 0.2) is 0 Å². The van der Waals surface area contributed by atoms with E-state index in [-0.39, 0.29) is 35.9 Å². The summed E-state index contributed by atoms with van der Waals surface area (Å²) >= 11 is 0. The number of hydrogen-bond donors (Lipinski definition) is 1. The van der Waals surface area contributed by atoms with Gasteiger partial charge in [-0.05, 0) is 12.0 Å². The van der Waals surface area contributed by atoms with E-state index in [2.05, 4.69) is 26.7 Å². The zero-order valence-corrected chi connectivity index (χ0v) is 14.1. The van der Waals surface area contributed by atoms with E-state index >= 15 is 0 Å². The maximum Gasteiger partial charge on any atom is 0.351 e. The van der Waals surface area contributed by atoms with Crippen molar-refractivity contribution < 1.29 is 14.1 Å². The van der Waals surface area contributed by atoms with Crippen LogP contribution in [0.4, 0.5) is 5.82 Å². The molecule has 1 unspecified atom stereocenters. The lowest BCUT2D eigenvalue weighted by Gasteiger charge is -2.18. The van der Waals surface area contributed by atoms with Gasteiger partial charge in [0.2, 0.25) is 5.91 Å². The van der Waals surface area contributed by atoms with Crippen molar-refractivity contribution in [3.05, 3.63) is 22.7 Å². The highest BCUT2D eigenvalue weighted by molar-refractivity contribution is 7.09. The number of ether oxygens (including phenoxy) is 1. The third kappa shape index (κ3) is 3.54. The van der Waals surface area contributed by atoms with Crippen LogP contribution in [0.5, 0.6) is 0 Å². The molecular formula is C14H22N3O4P. The summed E-state index contributed by atoms with van der Waals surface area (Å²) < 4.78 is 12.5. The lowest BCUT2D eigenvalue weighted by atomic mass is 9.93. The average molecular weight is 327 g/mol. The smallest absolute Gasteiger partial charge is 0.351 e. The molecule has 8 heteroatoms. The van der Waals surface area contributed by atoms with Gasteiger partial charge in [0.05, 0.1) is 12.7 Å². The van der Waals surface area contributed by atoms with Crippen LogP contribution in [-0.4, -0.2) is 28.2 Å². The first-order chi connectivity index (χ1) is 10.5. The summed E-state index contributed by atoms with van der Waals surface area (Å²) in [4.78, 5) is 27.4. The van der Waals surface area contributed by atoms with Crippen LogP contribution >= 0.6 is 9.47 Å². The molecule has 1 amide bonds. The summed E-state index contributed by atoms with van der Waals surface area (Å²) in [7, 11) is 2.21. The maximum absolute atomic E-state index is 12.2. The maximum atomic E-state index is 12.2. The molecule has 0 radical (unpaired) electrons. The van der Waals surface area contributed by atoms with Gasteiger partial charge in [0.25, 0.3) is 0 Å². The van der Waals surface area contributed by atoms with E-state index in [0.29, 0.717) is 13.0 Å². The number of nitrogens with zero attached hydrogens (tertiary/aromatic N) is 2. The molecule has 1 N–H and O–H groups in total. The van der Waals surface area contributed by atoms with Crippen molar-refractivity contribution in [3.63, 3.8) is 0 Å². The first-order valence-corrected chi connectivity index (χ1v) is 7.81. The van der Waals surface area contributed by atoms with E-state index in [1.807, 2.05) is 6.92 Å². The van der Waals surface area contributed by atoms with Crippen molar-refractivity contribution in [2.45, 2.75) is 39.5 Å². The molecule has 1 saturated heterocycles. The predicted octanol–water partition coefficient (Wildman–Crippen LogP) is 1.57. The quantitative estimate of drug-likeness (QED) is 0.830. The Hall–Kier alpha value is -1.30. The average Bonchev–Trinajstić information content (AvgIpc) is 2.76. The van der Waals surface area contributed by atoms with Gasteiger partial charge in [-0.3, -0.25) is 9.36 Å². The minimum absolute atomic E-state index is 0.0659. The number of hydrogen-bond acceptors (Lipinski definition) is 5. The molecule has 2 heterocycles. The Labute approximate surface area is 131 Å². The minimum Gasteiger partial charge on any atom is -0.363 e. The largest absolute Gasteiger partial charge is 0.363 e. The van der Waals surface area contributed by atoms with Crippen LogP contribution in [-0.2, 0) is 14.1 Å². The Bertz CT molecular complexity index is 592. The number of carbonyl (C=O) groups is 1. The Kier molecular flexibility index (Phi) is 5.67. The van der Waals surface area contributed by atoms with Crippen molar-refractivity contribution in [2.75, 3.05) is 11.9 Å². The molecule has 0 aromatic carbocycles. The molecule has 1 aliphatic heterocycles. The van der Waals surface area contributed by atoms with Crippen molar-refractivity contribution in [1.29, 1.82) is 0 Å². The molecule has 0 saturated carbocycles. The second kappa shape index (κ2) is 7.31. The molecule has 1 aromatic rings. The topological polar surface area (TPSA) is 82.5 Å². The Morgan fingerprint density at radius 1 is 1.50 bits per heavy atom. The highest BCUT2D eigenvalue weighted by atomic mass is 31.0. The van der Waals surface area contributed by atoms with Gasteiger partial charge >= 0.3 is 5.69 Å². The molecule has 0 aliphatic carbocycles. The van der Waals surface area contributed by atoms with Crippen LogP contribution in [0, 0.1) is 11.8 Å². The zero-order valence-electron chi connectivity index (χ0n) is 13.0. The lowest BCUT2D eigenvalue weighted by Crippen LogP contribution is -2.30. The number of nitrogens with one attached hydrogen (secondary N) is 1. The fraction of sp³-hybridized carbons (Fsp3) is 0.643. The van der Waals surface area contributed by atoms with Crippen molar-refractivity contribution >= 4 is 21.2 Å². The molecule has 1 aliphatic rings. The van der Waals surface area contributed by atoms with Crippen molar-refractivity contribution in [2.24, 2.45) is 11.8 Å². The SMILES string of the molecule is CCC(=O)Nc1ccn([C@@H]2O[C@H](COP)[C@@H](C)[C@@H]2C)c(=O)n1. The van der Waals surface area contributed by atoms with Crippen LogP contribution in [0.15, 0.2) is 17.1 Å². The van der Waals surface area contributed by atoms with Crippen LogP contribution in [0.25, 0.3) is 0 Å². The summed E-state index contributed by atoms with van der Waals surface area (Å²) in [6.45, 7) is 6.31. The number of anilines is 1. The van der Waals surface area contributed by atoms with E-state index < -0.39 is 5.69 Å². The Morgan fingerprint density at radius 3 is 2.82 bits per heavy atom. The van der Waals surface area contributed by atoms with Gasteiger partial charge in [-0.2, -0.15) is 4.98 Å². The second-order valence-electron chi connectivity index (χ2n) is 5.52. The van der Waals surface area contributed by atoms with Crippen molar-refractivity contribution in [1.82, 2.24) is 9.55 Å². The second-order valence-corrected chi connectivity index (χ2v) is 5.85. The third-order valence-corrected chi connectivity index (χ3v) is 4.33. The van der Waals surface area contributed by atoms with E-state index in [1.165, 1.54) is 4.57 Å². The number of aromatic nitrogens is 2. The molecule has 2 rings (SSSR count). The van der Waals surface area contributed by atoms with E-state index in [9.17, 15) is 9.59 Å². The number of amides is 1. The molecule has 0 bridgehead atoms. The fourth-order valence-electron chi connectivity index (χ4n) is 2.54. The van der Waals surface area contributed by atoms with Crippen LogP contribution < -0.4 is 11.0 Å². The lowest BCUT2D eigenvalue weighted by molar-refractivity contribution is -0.115. The standard InChI is InChI=1S/C14H22N3O4P/c1-4-12(18)15-11-5-6-17(14(19)16-11)13-9(3)8(2)10(21-13)7-20-22/h5-6,8-10,13H,4,7,22H2,1-3H3,(H,15,16,18,19)/t8-,9-,10+,13+/m0/s1. The van der Waals surface area contributed by atoms with E-state index in [1.54, 1.807) is 19.2 Å². The normalized spacial score (nSPS) is 27.8. The fourth-order valence-corrected chi connectivity index (χ4v) is 2.73. The van der Waals surface area contributed by atoms with E-state index in [4.69, 9.17) is 9.26 Å². The van der Waals surface area contributed by atoms with Gasteiger partial charge in [0.1, 0.15) is 12.0 Å². The van der Waals surface area contributed by atoms with Gasteiger partial charge in [-0.1, -0.05) is 20.8 Å².